The lowest BCUT2D eigenvalue weighted by atomic mass is 10.0. The molecule has 1 aliphatic carbocycles. The highest BCUT2D eigenvalue weighted by molar-refractivity contribution is 6.09. The third kappa shape index (κ3) is 4.26. The van der Waals surface area contributed by atoms with Gasteiger partial charge in [-0.3, -0.25) is 9.59 Å². The van der Waals surface area contributed by atoms with Crippen LogP contribution in [0.3, 0.4) is 0 Å². The van der Waals surface area contributed by atoms with Crippen molar-refractivity contribution in [2.75, 3.05) is 10.6 Å². The van der Waals surface area contributed by atoms with Crippen LogP contribution in [-0.4, -0.2) is 31.4 Å². The van der Waals surface area contributed by atoms with E-state index in [-0.39, 0.29) is 23.9 Å². The van der Waals surface area contributed by atoms with Gasteiger partial charge in [-0.25, -0.2) is 4.98 Å². The average molecular weight is 504 g/mol. The third-order valence-corrected chi connectivity index (χ3v) is 6.84. The molecular weight excluding hydrogens is 478 g/mol. The number of aromatic hydroxyl groups is 1. The third-order valence-electron chi connectivity index (χ3n) is 6.84. The molecule has 1 unspecified atom stereocenters. The lowest BCUT2D eigenvalue weighted by molar-refractivity contribution is -0.117. The number of phenolic OH excluding ortho intramolecular Hbond substituents is 1. The summed E-state index contributed by atoms with van der Waals surface area (Å²) in [6, 6.07) is 23.8. The minimum Gasteiger partial charge on any atom is -0.507 e. The number of rotatable bonds is 6. The fourth-order valence-corrected chi connectivity index (χ4v) is 4.90. The molecule has 1 atom stereocenters. The average Bonchev–Trinajstić information content (AvgIpc) is 3.48. The number of hydrogen-bond donors (Lipinski definition) is 3. The van der Waals surface area contributed by atoms with Gasteiger partial charge in [0, 0.05) is 41.4 Å². The van der Waals surface area contributed by atoms with Crippen molar-refractivity contribution in [1.29, 1.82) is 0 Å². The van der Waals surface area contributed by atoms with Crippen LogP contribution in [0.4, 0.5) is 11.5 Å². The van der Waals surface area contributed by atoms with Crippen LogP contribution in [0.5, 0.6) is 5.75 Å². The SMILES string of the molecule is Cc1cnn2c(NCc3cccc(NC(=O)C4CC(=O)c5ccccc54)c3)cc(-c3ccccc3O)nc12. The Kier molecular flexibility index (Phi) is 5.84. The zero-order chi connectivity index (χ0) is 26.2. The van der Waals surface area contributed by atoms with Gasteiger partial charge in [0.05, 0.1) is 17.8 Å². The van der Waals surface area contributed by atoms with Crippen LogP contribution in [-0.2, 0) is 11.3 Å². The molecule has 0 fully saturated rings. The molecule has 188 valence electrons. The summed E-state index contributed by atoms with van der Waals surface area (Å²) in [6.07, 6.45) is 1.94. The van der Waals surface area contributed by atoms with Crippen molar-refractivity contribution < 1.29 is 14.7 Å². The molecule has 0 saturated heterocycles. The number of aromatic nitrogens is 3. The van der Waals surface area contributed by atoms with Gasteiger partial charge in [0.15, 0.2) is 11.4 Å². The summed E-state index contributed by atoms with van der Waals surface area (Å²) in [5.41, 5.74) is 5.90. The number of carbonyl (C=O) groups is 2. The lowest BCUT2D eigenvalue weighted by Crippen LogP contribution is -2.19. The van der Waals surface area contributed by atoms with E-state index in [9.17, 15) is 14.7 Å². The van der Waals surface area contributed by atoms with Crippen LogP contribution in [0.15, 0.2) is 85.1 Å². The zero-order valence-electron chi connectivity index (χ0n) is 20.7. The summed E-state index contributed by atoms with van der Waals surface area (Å²) in [5, 5.41) is 21.2. The fourth-order valence-electron chi connectivity index (χ4n) is 4.90. The summed E-state index contributed by atoms with van der Waals surface area (Å²) in [7, 11) is 0. The number of amides is 1. The van der Waals surface area contributed by atoms with Gasteiger partial charge < -0.3 is 15.7 Å². The monoisotopic (exact) mass is 503 g/mol. The Bertz CT molecular complexity index is 1710. The Morgan fingerprint density at radius 1 is 1.03 bits per heavy atom. The molecule has 8 heteroatoms. The van der Waals surface area contributed by atoms with Crippen molar-refractivity contribution in [3.63, 3.8) is 0 Å². The molecule has 2 aromatic heterocycles. The van der Waals surface area contributed by atoms with Crippen molar-refractivity contribution in [1.82, 2.24) is 14.6 Å². The summed E-state index contributed by atoms with van der Waals surface area (Å²) in [5.74, 6) is 0.198. The molecular formula is C30H25N5O3. The first-order chi connectivity index (χ1) is 18.5. The normalized spacial score (nSPS) is 14.4. The van der Waals surface area contributed by atoms with E-state index in [1.54, 1.807) is 28.9 Å². The number of anilines is 2. The molecule has 5 aromatic rings. The van der Waals surface area contributed by atoms with E-state index in [0.717, 1.165) is 22.5 Å². The second-order valence-corrected chi connectivity index (χ2v) is 9.42. The van der Waals surface area contributed by atoms with Crippen LogP contribution in [0, 0.1) is 6.92 Å². The summed E-state index contributed by atoms with van der Waals surface area (Å²) in [6.45, 7) is 2.41. The highest BCUT2D eigenvalue weighted by Crippen LogP contribution is 2.34. The highest BCUT2D eigenvalue weighted by atomic mass is 16.3. The standard InChI is InChI=1S/C30H25N5O3/c1-18-16-32-35-28(15-25(34-29(18)35)23-11-4-5-12-26(23)36)31-17-19-7-6-8-20(13-19)33-30(38)24-14-27(37)22-10-3-2-9-21(22)24/h2-13,15-16,24,31,36H,14,17H2,1H3,(H,33,38). The van der Waals surface area contributed by atoms with Gasteiger partial charge in [-0.05, 0) is 42.3 Å². The maximum Gasteiger partial charge on any atom is 0.232 e. The lowest BCUT2D eigenvalue weighted by Gasteiger charge is -2.14. The number of ketones is 1. The Labute approximate surface area is 219 Å². The second-order valence-electron chi connectivity index (χ2n) is 9.42. The number of benzene rings is 3. The minimum atomic E-state index is -0.485. The number of fused-ring (bicyclic) bond motifs is 2. The number of carbonyl (C=O) groups excluding carboxylic acids is 2. The Morgan fingerprint density at radius 2 is 1.82 bits per heavy atom. The largest absolute Gasteiger partial charge is 0.507 e. The van der Waals surface area contributed by atoms with E-state index in [1.165, 1.54) is 0 Å². The topological polar surface area (TPSA) is 109 Å². The quantitative estimate of drug-likeness (QED) is 0.289. The van der Waals surface area contributed by atoms with Gasteiger partial charge in [-0.1, -0.05) is 48.5 Å². The molecule has 2 heterocycles. The number of para-hydroxylation sites is 1. The molecule has 1 aliphatic rings. The number of aryl methyl sites for hydroxylation is 1. The molecule has 0 saturated carbocycles. The van der Waals surface area contributed by atoms with Crippen LogP contribution in [0.1, 0.15) is 39.4 Å². The number of phenols is 1. The van der Waals surface area contributed by atoms with Crippen molar-refractivity contribution in [3.8, 4) is 17.0 Å². The first kappa shape index (κ1) is 23.4. The van der Waals surface area contributed by atoms with Crippen molar-refractivity contribution in [3.05, 3.63) is 107 Å². The molecule has 0 radical (unpaired) electrons. The molecule has 3 aromatic carbocycles. The molecule has 38 heavy (non-hydrogen) atoms. The van der Waals surface area contributed by atoms with Crippen LogP contribution in [0.2, 0.25) is 0 Å². The van der Waals surface area contributed by atoms with Gasteiger partial charge in [-0.15, -0.1) is 0 Å². The van der Waals surface area contributed by atoms with E-state index >= 15 is 0 Å². The maximum absolute atomic E-state index is 13.0. The van der Waals surface area contributed by atoms with Crippen molar-refractivity contribution >= 4 is 28.8 Å². The van der Waals surface area contributed by atoms with Gasteiger partial charge in [0.2, 0.25) is 5.91 Å². The number of hydrogen-bond acceptors (Lipinski definition) is 6. The predicted molar refractivity (Wildman–Crippen MR) is 145 cm³/mol. The second kappa shape index (κ2) is 9.48. The first-order valence-corrected chi connectivity index (χ1v) is 12.4. The number of nitrogens with one attached hydrogen (secondary N) is 2. The van der Waals surface area contributed by atoms with Gasteiger partial charge in [0.1, 0.15) is 11.6 Å². The van der Waals surface area contributed by atoms with Crippen LogP contribution in [0.25, 0.3) is 16.9 Å². The van der Waals surface area contributed by atoms with E-state index in [4.69, 9.17) is 4.98 Å². The Balaban J connectivity index is 1.22. The molecule has 0 aliphatic heterocycles. The maximum atomic E-state index is 13.0. The van der Waals surface area contributed by atoms with Gasteiger partial charge >= 0.3 is 0 Å². The molecule has 8 nitrogen and oxygen atoms in total. The predicted octanol–water partition coefficient (Wildman–Crippen LogP) is 5.33. The van der Waals surface area contributed by atoms with E-state index in [2.05, 4.69) is 15.7 Å². The van der Waals surface area contributed by atoms with Crippen molar-refractivity contribution in [2.45, 2.75) is 25.8 Å². The summed E-state index contributed by atoms with van der Waals surface area (Å²) in [4.78, 5) is 30.1. The van der Waals surface area contributed by atoms with Gasteiger partial charge in [0.25, 0.3) is 0 Å². The molecule has 6 rings (SSSR count). The minimum absolute atomic E-state index is 0.000542. The van der Waals surface area contributed by atoms with E-state index < -0.39 is 5.92 Å². The fraction of sp³-hybridized carbons (Fsp3) is 0.133. The summed E-state index contributed by atoms with van der Waals surface area (Å²) >= 11 is 0. The summed E-state index contributed by atoms with van der Waals surface area (Å²) < 4.78 is 1.74. The highest BCUT2D eigenvalue weighted by Gasteiger charge is 2.33. The van der Waals surface area contributed by atoms with E-state index in [0.29, 0.717) is 34.7 Å². The Hall–Kier alpha value is -4.98. The molecule has 0 bridgehead atoms. The molecule has 0 spiro atoms. The van der Waals surface area contributed by atoms with Crippen LogP contribution < -0.4 is 10.6 Å². The van der Waals surface area contributed by atoms with Gasteiger partial charge in [-0.2, -0.15) is 9.61 Å². The number of nitrogens with zero attached hydrogens (tertiary/aromatic N) is 3. The first-order valence-electron chi connectivity index (χ1n) is 12.4. The van der Waals surface area contributed by atoms with E-state index in [1.807, 2.05) is 67.6 Å². The van der Waals surface area contributed by atoms with Crippen molar-refractivity contribution in [2.24, 2.45) is 0 Å². The molecule has 1 amide bonds. The Morgan fingerprint density at radius 3 is 2.66 bits per heavy atom. The molecule has 3 N–H and O–H groups in total. The number of Topliss-reactive ketones (excluding diaryl/α,β-unsaturated/α-hetero) is 1. The van der Waals surface area contributed by atoms with Crippen LogP contribution >= 0.6 is 0 Å². The smallest absolute Gasteiger partial charge is 0.232 e. The zero-order valence-corrected chi connectivity index (χ0v) is 20.7.